The van der Waals surface area contributed by atoms with E-state index in [4.69, 9.17) is 4.74 Å². The average Bonchev–Trinajstić information content (AvgIpc) is 3.23. The quantitative estimate of drug-likeness (QED) is 0.333. The fraction of sp³-hybridized carbons (Fsp3) is 0.414. The number of benzene rings is 2. The van der Waals surface area contributed by atoms with Gasteiger partial charge in [-0.15, -0.1) is 24.8 Å². The number of aromatic nitrogens is 1. The molecular weight excluding hydrogens is 507 g/mol. The fourth-order valence-corrected chi connectivity index (χ4v) is 4.86. The maximum absolute atomic E-state index is 13.0. The van der Waals surface area contributed by atoms with Gasteiger partial charge in [0.25, 0.3) is 5.91 Å². The smallest absolute Gasteiger partial charge is 0.253 e. The minimum atomic E-state index is 0. The highest BCUT2D eigenvalue weighted by molar-refractivity contribution is 5.97. The average molecular weight is 548 g/mol. The van der Waals surface area contributed by atoms with Gasteiger partial charge in [0.1, 0.15) is 5.75 Å². The molecule has 202 valence electrons. The Labute approximate surface area is 233 Å². The maximum atomic E-state index is 13.0. The van der Waals surface area contributed by atoms with Crippen molar-refractivity contribution in [3.05, 3.63) is 71.9 Å². The van der Waals surface area contributed by atoms with Crippen molar-refractivity contribution >= 4 is 36.4 Å². The summed E-state index contributed by atoms with van der Waals surface area (Å²) in [6.45, 7) is 10.9. The fourth-order valence-electron chi connectivity index (χ4n) is 4.86. The molecule has 1 aliphatic heterocycles. The highest BCUT2D eigenvalue weighted by atomic mass is 35.5. The van der Waals surface area contributed by atoms with E-state index >= 15 is 0 Å². The molecule has 4 rings (SSSR count). The van der Waals surface area contributed by atoms with Crippen LogP contribution in [-0.2, 0) is 6.54 Å². The van der Waals surface area contributed by atoms with Crippen LogP contribution in [0.15, 0.2) is 60.7 Å². The molecule has 0 saturated carbocycles. The van der Waals surface area contributed by atoms with Gasteiger partial charge in [0.05, 0.1) is 12.7 Å². The van der Waals surface area contributed by atoms with Crippen LogP contribution in [0.25, 0.3) is 11.3 Å². The van der Waals surface area contributed by atoms with Crippen molar-refractivity contribution in [1.29, 1.82) is 0 Å². The number of rotatable bonds is 10. The predicted octanol–water partition coefficient (Wildman–Crippen LogP) is 5.67. The first kappa shape index (κ1) is 30.6. The number of nitrogens with one attached hydrogen (secondary N) is 1. The van der Waals surface area contributed by atoms with Gasteiger partial charge in [0, 0.05) is 56.3 Å². The van der Waals surface area contributed by atoms with Gasteiger partial charge < -0.3 is 19.5 Å². The Kier molecular flexibility index (Phi) is 12.3. The van der Waals surface area contributed by atoms with E-state index in [0.717, 1.165) is 80.4 Å². The summed E-state index contributed by atoms with van der Waals surface area (Å²) in [4.78, 5) is 17.9. The summed E-state index contributed by atoms with van der Waals surface area (Å²) in [6, 6.07) is 20.7. The number of anilines is 1. The summed E-state index contributed by atoms with van der Waals surface area (Å²) >= 11 is 0. The van der Waals surface area contributed by atoms with Crippen LogP contribution < -0.4 is 15.0 Å². The lowest BCUT2D eigenvalue weighted by Gasteiger charge is -2.36. The molecule has 6 nitrogen and oxygen atoms in total. The Morgan fingerprint density at radius 2 is 1.62 bits per heavy atom. The first-order chi connectivity index (χ1) is 17.1. The summed E-state index contributed by atoms with van der Waals surface area (Å²) in [5, 5.41) is 3.16. The third kappa shape index (κ3) is 7.67. The number of carbonyl (C=O) groups is 1. The van der Waals surface area contributed by atoms with Crippen LogP contribution in [0.3, 0.4) is 0 Å². The monoisotopic (exact) mass is 546 g/mol. The summed E-state index contributed by atoms with van der Waals surface area (Å²) in [6.07, 6.45) is 1.98. The van der Waals surface area contributed by atoms with Crippen molar-refractivity contribution in [2.75, 3.05) is 51.3 Å². The van der Waals surface area contributed by atoms with Crippen LogP contribution in [0.1, 0.15) is 35.8 Å². The minimum Gasteiger partial charge on any atom is -0.497 e. The Hall–Kier alpha value is -2.67. The van der Waals surface area contributed by atoms with Crippen molar-refractivity contribution in [3.8, 4) is 17.0 Å². The number of piperazine rings is 1. The van der Waals surface area contributed by atoms with Crippen molar-refractivity contribution in [1.82, 2.24) is 14.8 Å². The van der Waals surface area contributed by atoms with E-state index in [0.29, 0.717) is 6.54 Å². The lowest BCUT2D eigenvalue weighted by atomic mass is 10.1. The van der Waals surface area contributed by atoms with Crippen LogP contribution in [0.5, 0.6) is 5.75 Å². The molecule has 37 heavy (non-hydrogen) atoms. The minimum absolute atomic E-state index is 0. The van der Waals surface area contributed by atoms with Crippen LogP contribution in [0, 0.1) is 6.92 Å². The van der Waals surface area contributed by atoms with E-state index in [-0.39, 0.29) is 30.7 Å². The highest BCUT2D eigenvalue weighted by Gasteiger charge is 2.19. The number of nitrogens with zero attached hydrogens (tertiary/aromatic N) is 3. The third-order valence-electron chi connectivity index (χ3n) is 6.87. The Morgan fingerprint density at radius 1 is 0.946 bits per heavy atom. The molecule has 0 bridgehead atoms. The topological polar surface area (TPSA) is 49.7 Å². The molecule has 1 saturated heterocycles. The van der Waals surface area contributed by atoms with Gasteiger partial charge in [0.2, 0.25) is 0 Å². The van der Waals surface area contributed by atoms with Crippen LogP contribution in [0.2, 0.25) is 0 Å². The molecule has 0 unspecified atom stereocenters. The normalized spacial score (nSPS) is 13.4. The number of hydrogen-bond donors (Lipinski definition) is 1. The molecule has 1 N–H and O–H groups in total. The molecule has 0 radical (unpaired) electrons. The second-order valence-electron chi connectivity index (χ2n) is 9.18. The van der Waals surface area contributed by atoms with E-state index in [9.17, 15) is 4.79 Å². The van der Waals surface area contributed by atoms with Crippen molar-refractivity contribution < 1.29 is 9.53 Å². The number of amides is 1. The summed E-state index contributed by atoms with van der Waals surface area (Å²) < 4.78 is 7.53. The largest absolute Gasteiger partial charge is 0.497 e. The van der Waals surface area contributed by atoms with Crippen LogP contribution in [-0.4, -0.2) is 61.8 Å². The second kappa shape index (κ2) is 14.9. The number of halogens is 2. The zero-order valence-corrected chi connectivity index (χ0v) is 23.7. The van der Waals surface area contributed by atoms with Gasteiger partial charge in [0.15, 0.2) is 0 Å². The van der Waals surface area contributed by atoms with E-state index < -0.39 is 0 Å². The van der Waals surface area contributed by atoms with Crippen LogP contribution >= 0.6 is 24.8 Å². The summed E-state index contributed by atoms with van der Waals surface area (Å²) in [7, 11) is 1.70. The SMILES string of the molecule is CCCn1c(-c2ccccc2)cc(C(=O)NCCCN2CCN(c3ccc(OC)cc3)CC2)c1C.Cl.Cl. The number of methoxy groups -OCH3 is 1. The van der Waals surface area contributed by atoms with E-state index in [1.54, 1.807) is 7.11 Å². The predicted molar refractivity (Wildman–Crippen MR) is 158 cm³/mol. The molecule has 2 aromatic carbocycles. The van der Waals surface area contributed by atoms with Gasteiger partial charge >= 0.3 is 0 Å². The molecule has 3 aromatic rings. The lowest BCUT2D eigenvalue weighted by molar-refractivity contribution is 0.0950. The Bertz CT molecular complexity index is 1100. The number of ether oxygens (including phenoxy) is 1. The summed E-state index contributed by atoms with van der Waals surface area (Å²) in [5.41, 5.74) is 5.34. The molecule has 1 aliphatic rings. The zero-order chi connectivity index (χ0) is 24.6. The van der Waals surface area contributed by atoms with Gasteiger partial charge in [-0.3, -0.25) is 9.69 Å². The Balaban J connectivity index is 0.00000241. The second-order valence-corrected chi connectivity index (χ2v) is 9.18. The van der Waals surface area contributed by atoms with E-state index in [2.05, 4.69) is 57.8 Å². The maximum Gasteiger partial charge on any atom is 0.253 e. The van der Waals surface area contributed by atoms with Crippen molar-refractivity contribution in [2.24, 2.45) is 0 Å². The third-order valence-corrected chi connectivity index (χ3v) is 6.87. The van der Waals surface area contributed by atoms with E-state index in [1.807, 2.05) is 36.4 Å². The standard InChI is InChI=1S/C29H38N4O2.2ClH/c1-4-16-33-23(2)27(22-28(33)24-9-6-5-7-10-24)29(34)30-15-8-17-31-18-20-32(21-19-31)25-11-13-26(35-3)14-12-25;;/h5-7,9-14,22H,4,8,15-21H2,1-3H3,(H,30,34);2*1H. The molecule has 0 aliphatic carbocycles. The number of carbonyl (C=O) groups excluding carboxylic acids is 1. The van der Waals surface area contributed by atoms with E-state index in [1.165, 1.54) is 5.69 Å². The van der Waals surface area contributed by atoms with Crippen LogP contribution in [0.4, 0.5) is 5.69 Å². The van der Waals surface area contributed by atoms with Gasteiger partial charge in [-0.05, 0) is 62.2 Å². The summed E-state index contributed by atoms with van der Waals surface area (Å²) in [5.74, 6) is 0.918. The molecule has 2 heterocycles. The van der Waals surface area contributed by atoms with Gasteiger partial charge in [-0.25, -0.2) is 0 Å². The first-order valence-electron chi connectivity index (χ1n) is 12.8. The molecular formula is C29H40Cl2N4O2. The molecule has 1 fully saturated rings. The molecule has 0 spiro atoms. The lowest BCUT2D eigenvalue weighted by Crippen LogP contribution is -2.47. The van der Waals surface area contributed by atoms with Crippen molar-refractivity contribution in [3.63, 3.8) is 0 Å². The van der Waals surface area contributed by atoms with Gasteiger partial charge in [-0.1, -0.05) is 37.3 Å². The van der Waals surface area contributed by atoms with Crippen molar-refractivity contribution in [2.45, 2.75) is 33.2 Å². The number of hydrogen-bond acceptors (Lipinski definition) is 4. The molecule has 1 amide bonds. The Morgan fingerprint density at radius 3 is 2.24 bits per heavy atom. The zero-order valence-electron chi connectivity index (χ0n) is 22.1. The first-order valence-corrected chi connectivity index (χ1v) is 12.8. The highest BCUT2D eigenvalue weighted by Crippen LogP contribution is 2.26. The molecule has 0 atom stereocenters. The van der Waals surface area contributed by atoms with Gasteiger partial charge in [-0.2, -0.15) is 0 Å². The molecule has 8 heteroatoms. The molecule has 1 aromatic heterocycles.